The van der Waals surface area contributed by atoms with E-state index < -0.39 is 10.0 Å². The molecular formula is C20H26N6O3S. The summed E-state index contributed by atoms with van der Waals surface area (Å²) in [6.45, 7) is 3.56. The van der Waals surface area contributed by atoms with Gasteiger partial charge in [-0.3, -0.25) is 4.79 Å². The number of benzene rings is 1. The van der Waals surface area contributed by atoms with Crippen LogP contribution < -0.4 is 5.32 Å². The molecule has 1 spiro atoms. The largest absolute Gasteiger partial charge is 0.356 e. The van der Waals surface area contributed by atoms with Crippen molar-refractivity contribution >= 4 is 15.9 Å². The van der Waals surface area contributed by atoms with E-state index in [1.165, 1.54) is 23.9 Å². The number of hydrogen-bond acceptors (Lipinski definition) is 6. The van der Waals surface area contributed by atoms with E-state index in [1.54, 1.807) is 22.5 Å². The summed E-state index contributed by atoms with van der Waals surface area (Å²) in [5.41, 5.74) is 1.53. The second kappa shape index (κ2) is 7.12. The molecular weight excluding hydrogens is 404 g/mol. The van der Waals surface area contributed by atoms with Gasteiger partial charge in [-0.2, -0.15) is 4.31 Å². The standard InChI is InChI=1S/C20H26N6O3S/c1-14-10-16(4-5-18(14)26-13-22-23-24-26)30(28,29)25-8-6-20(7-9-25)11-17(20)19(27)21-12-15-2-3-15/h4-5,10,13,15,17H,2-3,6-9,11-12H2,1H3,(H,21,27). The molecule has 1 aromatic carbocycles. The van der Waals surface area contributed by atoms with Crippen LogP contribution >= 0.6 is 0 Å². The Bertz CT molecular complexity index is 1060. The minimum Gasteiger partial charge on any atom is -0.356 e. The molecule has 1 N–H and O–H groups in total. The maximum Gasteiger partial charge on any atom is 0.243 e. The second-order valence-electron chi connectivity index (χ2n) is 8.91. The van der Waals surface area contributed by atoms with Gasteiger partial charge in [0, 0.05) is 25.6 Å². The van der Waals surface area contributed by atoms with Crippen LogP contribution in [0.3, 0.4) is 0 Å². The molecule has 3 aliphatic rings. The number of nitrogens with zero attached hydrogens (tertiary/aromatic N) is 5. The molecule has 160 valence electrons. The Morgan fingerprint density at radius 1 is 1.27 bits per heavy atom. The molecule has 2 aliphatic carbocycles. The number of carbonyl (C=O) groups excluding carboxylic acids is 1. The molecule has 0 bridgehead atoms. The summed E-state index contributed by atoms with van der Waals surface area (Å²) in [5.74, 6) is 0.886. The summed E-state index contributed by atoms with van der Waals surface area (Å²) in [6.07, 6.45) is 6.30. The number of tetrazole rings is 1. The molecule has 1 atom stereocenters. The first-order chi connectivity index (χ1) is 14.4. The van der Waals surface area contributed by atoms with Gasteiger partial charge in [0.2, 0.25) is 15.9 Å². The smallest absolute Gasteiger partial charge is 0.243 e. The van der Waals surface area contributed by atoms with Gasteiger partial charge in [-0.25, -0.2) is 13.1 Å². The first-order valence-corrected chi connectivity index (χ1v) is 11.9. The van der Waals surface area contributed by atoms with Gasteiger partial charge >= 0.3 is 0 Å². The summed E-state index contributed by atoms with van der Waals surface area (Å²) >= 11 is 0. The number of hydrogen-bond donors (Lipinski definition) is 1. The van der Waals surface area contributed by atoms with Crippen molar-refractivity contribution in [2.24, 2.45) is 17.3 Å². The predicted octanol–water partition coefficient (Wildman–Crippen LogP) is 1.29. The fourth-order valence-electron chi connectivity index (χ4n) is 4.60. The van der Waals surface area contributed by atoms with Gasteiger partial charge in [-0.15, -0.1) is 5.10 Å². The number of sulfonamides is 1. The zero-order valence-corrected chi connectivity index (χ0v) is 17.8. The number of aromatic nitrogens is 4. The fourth-order valence-corrected chi connectivity index (χ4v) is 6.13. The molecule has 10 heteroatoms. The van der Waals surface area contributed by atoms with Crippen molar-refractivity contribution in [1.82, 2.24) is 29.8 Å². The average molecular weight is 431 g/mol. The molecule has 9 nitrogen and oxygen atoms in total. The highest BCUT2D eigenvalue weighted by atomic mass is 32.2. The van der Waals surface area contributed by atoms with E-state index in [0.29, 0.717) is 19.0 Å². The van der Waals surface area contributed by atoms with Gasteiger partial charge in [0.05, 0.1) is 10.6 Å². The van der Waals surface area contributed by atoms with Crippen LogP contribution in [0, 0.1) is 24.2 Å². The SMILES string of the molecule is Cc1cc(S(=O)(=O)N2CCC3(CC2)CC3C(=O)NCC2CC2)ccc1-n1cnnn1. The zero-order valence-electron chi connectivity index (χ0n) is 17.0. The molecule has 2 aromatic rings. The third-order valence-electron chi connectivity index (χ3n) is 6.89. The highest BCUT2D eigenvalue weighted by Crippen LogP contribution is 2.59. The number of nitrogens with one attached hydrogen (secondary N) is 1. The van der Waals surface area contributed by atoms with E-state index in [-0.39, 0.29) is 22.1 Å². The van der Waals surface area contributed by atoms with Crippen molar-refractivity contribution in [2.45, 2.75) is 43.9 Å². The van der Waals surface area contributed by atoms with Crippen LogP contribution in [0.4, 0.5) is 0 Å². The van der Waals surface area contributed by atoms with Gasteiger partial charge < -0.3 is 5.32 Å². The Morgan fingerprint density at radius 3 is 2.67 bits per heavy atom. The minimum absolute atomic E-state index is 0.000476. The van der Waals surface area contributed by atoms with Crippen LogP contribution in [0.1, 0.15) is 37.7 Å². The molecule has 2 saturated carbocycles. The Balaban J connectivity index is 1.23. The Morgan fingerprint density at radius 2 is 2.03 bits per heavy atom. The first kappa shape index (κ1) is 19.6. The normalized spacial score (nSPS) is 23.4. The summed E-state index contributed by atoms with van der Waals surface area (Å²) in [7, 11) is -3.57. The number of piperidine rings is 1. The van der Waals surface area contributed by atoms with Crippen molar-refractivity contribution in [3.8, 4) is 5.69 Å². The third-order valence-corrected chi connectivity index (χ3v) is 8.78. The molecule has 1 aliphatic heterocycles. The predicted molar refractivity (Wildman–Crippen MR) is 108 cm³/mol. The second-order valence-corrected chi connectivity index (χ2v) is 10.9. The van der Waals surface area contributed by atoms with Crippen LogP contribution in [0.2, 0.25) is 0 Å². The van der Waals surface area contributed by atoms with Crippen molar-refractivity contribution in [2.75, 3.05) is 19.6 Å². The van der Waals surface area contributed by atoms with Crippen molar-refractivity contribution in [1.29, 1.82) is 0 Å². The summed E-state index contributed by atoms with van der Waals surface area (Å²) in [4.78, 5) is 12.7. The van der Waals surface area contributed by atoms with Crippen LogP contribution in [0.15, 0.2) is 29.4 Å². The Hall–Kier alpha value is -2.33. The molecule has 2 heterocycles. The van der Waals surface area contributed by atoms with E-state index in [1.807, 2.05) is 6.92 Å². The zero-order chi connectivity index (χ0) is 20.9. The highest BCUT2D eigenvalue weighted by molar-refractivity contribution is 7.89. The van der Waals surface area contributed by atoms with E-state index in [9.17, 15) is 13.2 Å². The fraction of sp³-hybridized carbons (Fsp3) is 0.600. The lowest BCUT2D eigenvalue weighted by Gasteiger charge is -2.32. The first-order valence-electron chi connectivity index (χ1n) is 10.5. The topological polar surface area (TPSA) is 110 Å². The molecule has 5 rings (SSSR count). The molecule has 0 radical (unpaired) electrons. The number of carbonyl (C=O) groups is 1. The van der Waals surface area contributed by atoms with Gasteiger partial charge in [-0.1, -0.05) is 0 Å². The number of aryl methyl sites for hydroxylation is 1. The molecule has 1 unspecified atom stereocenters. The van der Waals surface area contributed by atoms with Crippen LogP contribution in [0.25, 0.3) is 5.69 Å². The molecule has 1 aromatic heterocycles. The van der Waals surface area contributed by atoms with Crippen molar-refractivity contribution < 1.29 is 13.2 Å². The van der Waals surface area contributed by atoms with E-state index in [0.717, 1.165) is 37.1 Å². The Kier molecular flexibility index (Phi) is 4.66. The van der Waals surface area contributed by atoms with Crippen LogP contribution in [-0.4, -0.2) is 58.5 Å². The van der Waals surface area contributed by atoms with Crippen molar-refractivity contribution in [3.63, 3.8) is 0 Å². The average Bonchev–Trinajstić information content (AvgIpc) is 3.63. The summed E-state index contributed by atoms with van der Waals surface area (Å²) in [6, 6.07) is 5.00. The maximum atomic E-state index is 13.2. The molecule has 3 fully saturated rings. The lowest BCUT2D eigenvalue weighted by atomic mass is 9.91. The van der Waals surface area contributed by atoms with E-state index >= 15 is 0 Å². The molecule has 1 amide bonds. The quantitative estimate of drug-likeness (QED) is 0.739. The lowest BCUT2D eigenvalue weighted by Crippen LogP contribution is -2.40. The van der Waals surface area contributed by atoms with Gasteiger partial charge in [0.15, 0.2) is 0 Å². The van der Waals surface area contributed by atoms with Gasteiger partial charge in [0.1, 0.15) is 6.33 Å². The summed E-state index contributed by atoms with van der Waals surface area (Å²) in [5, 5.41) is 14.2. The molecule has 1 saturated heterocycles. The summed E-state index contributed by atoms with van der Waals surface area (Å²) < 4.78 is 29.4. The lowest BCUT2D eigenvalue weighted by molar-refractivity contribution is -0.123. The number of amides is 1. The van der Waals surface area contributed by atoms with Gasteiger partial charge in [0.25, 0.3) is 0 Å². The maximum absolute atomic E-state index is 13.2. The van der Waals surface area contributed by atoms with Crippen LogP contribution in [-0.2, 0) is 14.8 Å². The number of rotatable bonds is 6. The molecule has 30 heavy (non-hydrogen) atoms. The van der Waals surface area contributed by atoms with Crippen LogP contribution in [0.5, 0.6) is 0 Å². The third kappa shape index (κ3) is 3.51. The van der Waals surface area contributed by atoms with Gasteiger partial charge in [-0.05, 0) is 84.6 Å². The van der Waals surface area contributed by atoms with E-state index in [4.69, 9.17) is 0 Å². The Labute approximate surface area is 175 Å². The monoisotopic (exact) mass is 430 g/mol. The van der Waals surface area contributed by atoms with Crippen molar-refractivity contribution in [3.05, 3.63) is 30.1 Å². The van der Waals surface area contributed by atoms with E-state index in [2.05, 4.69) is 20.8 Å². The highest BCUT2D eigenvalue weighted by Gasteiger charge is 2.59. The minimum atomic E-state index is -3.57.